The molecular formula is C61H70F2N8O9. The summed E-state index contributed by atoms with van der Waals surface area (Å²) in [5.74, 6) is -1.50. The van der Waals surface area contributed by atoms with E-state index in [9.17, 15) is 51.9 Å². The molecule has 5 aliphatic rings. The number of fused-ring (bicyclic) bond motifs is 5. The van der Waals surface area contributed by atoms with Crippen LogP contribution in [-0.4, -0.2) is 98.5 Å². The number of nitrogens with two attached hydrogens (primary N) is 1. The van der Waals surface area contributed by atoms with Crippen LogP contribution in [0.25, 0.3) is 10.9 Å². The van der Waals surface area contributed by atoms with Crippen molar-refractivity contribution in [1.82, 2.24) is 36.1 Å². The summed E-state index contributed by atoms with van der Waals surface area (Å²) < 4.78 is 28.3. The first-order chi connectivity index (χ1) is 38.4. The van der Waals surface area contributed by atoms with Gasteiger partial charge in [0.05, 0.1) is 12.1 Å². The second-order valence-corrected chi connectivity index (χ2v) is 22.2. The molecule has 0 radical (unpaired) electrons. The van der Waals surface area contributed by atoms with Gasteiger partial charge in [-0.1, -0.05) is 80.3 Å². The van der Waals surface area contributed by atoms with Crippen LogP contribution in [-0.2, 0) is 52.4 Å². The maximum Gasteiger partial charge on any atom is 0.270 e. The van der Waals surface area contributed by atoms with E-state index in [0.29, 0.717) is 48.7 Å². The summed E-state index contributed by atoms with van der Waals surface area (Å²) in [6.45, 7) is 1.44. The van der Waals surface area contributed by atoms with Gasteiger partial charge in [0.2, 0.25) is 35.4 Å². The van der Waals surface area contributed by atoms with Crippen molar-refractivity contribution in [3.8, 4) is 11.8 Å². The Morgan fingerprint density at radius 3 is 2.42 bits per heavy atom. The zero-order valence-corrected chi connectivity index (χ0v) is 45.1. The average Bonchev–Trinajstić information content (AvgIpc) is 4.00. The number of nitrogens with zero attached hydrogens (tertiary/aromatic N) is 2. The van der Waals surface area contributed by atoms with Crippen LogP contribution < -0.4 is 27.0 Å². The van der Waals surface area contributed by atoms with Gasteiger partial charge in [-0.2, -0.15) is 0 Å². The molecule has 3 aromatic carbocycles. The highest BCUT2D eigenvalue weighted by atomic mass is 19.3. The van der Waals surface area contributed by atoms with Crippen LogP contribution in [0.15, 0.2) is 66.7 Å². The number of hydrogen-bond acceptors (Lipinski definition) is 9. The summed E-state index contributed by atoms with van der Waals surface area (Å²) in [4.78, 5) is 128. The normalized spacial score (nSPS) is 21.0. The van der Waals surface area contributed by atoms with Crippen molar-refractivity contribution < 1.29 is 51.9 Å². The van der Waals surface area contributed by atoms with Crippen LogP contribution in [0.2, 0.25) is 0 Å². The fourth-order valence-electron chi connectivity index (χ4n) is 12.4. The van der Waals surface area contributed by atoms with Crippen molar-refractivity contribution in [3.63, 3.8) is 0 Å². The number of benzene rings is 3. The van der Waals surface area contributed by atoms with Crippen molar-refractivity contribution in [2.45, 2.75) is 172 Å². The Morgan fingerprint density at radius 2 is 1.65 bits per heavy atom. The first-order valence-electron chi connectivity index (χ1n) is 28.3. The van der Waals surface area contributed by atoms with Gasteiger partial charge in [0.25, 0.3) is 17.7 Å². The van der Waals surface area contributed by atoms with Gasteiger partial charge >= 0.3 is 0 Å². The molecule has 1 aliphatic carbocycles. The van der Waals surface area contributed by atoms with Crippen LogP contribution in [0.3, 0.4) is 0 Å². The summed E-state index contributed by atoms with van der Waals surface area (Å²) in [5, 5.41) is 11.6. The van der Waals surface area contributed by atoms with E-state index in [1.165, 1.54) is 34.1 Å². The zero-order valence-electron chi connectivity index (χ0n) is 45.1. The minimum absolute atomic E-state index is 0.0628. The van der Waals surface area contributed by atoms with Crippen molar-refractivity contribution in [2.75, 3.05) is 6.54 Å². The minimum atomic E-state index is -3.10. The molecular weight excluding hydrogens is 1030 g/mol. The van der Waals surface area contributed by atoms with Gasteiger partial charge in [0.1, 0.15) is 23.8 Å². The number of carbonyl (C=O) groups is 9. The highest BCUT2D eigenvalue weighted by Gasteiger charge is 2.46. The number of rotatable bonds is 20. The van der Waals surface area contributed by atoms with E-state index < -0.39 is 77.4 Å². The number of H-pyrrole nitrogens is 1. The van der Waals surface area contributed by atoms with Crippen molar-refractivity contribution >= 4 is 63.9 Å². The van der Waals surface area contributed by atoms with E-state index in [2.05, 4.69) is 38.1 Å². The lowest BCUT2D eigenvalue weighted by Gasteiger charge is -2.42. The molecule has 6 atom stereocenters. The van der Waals surface area contributed by atoms with Gasteiger partial charge in [0, 0.05) is 85.6 Å². The highest BCUT2D eigenvalue weighted by molar-refractivity contribution is 6.06. The van der Waals surface area contributed by atoms with E-state index in [1.54, 1.807) is 12.1 Å². The lowest BCUT2D eigenvalue weighted by Crippen LogP contribution is -2.59. The van der Waals surface area contributed by atoms with Crippen LogP contribution in [0, 0.1) is 23.7 Å². The fourth-order valence-corrected chi connectivity index (χ4v) is 12.4. The Balaban J connectivity index is 0.811. The number of halogens is 2. The summed E-state index contributed by atoms with van der Waals surface area (Å²) in [6, 6.07) is 13.8. The first-order valence-corrected chi connectivity index (χ1v) is 28.3. The van der Waals surface area contributed by atoms with E-state index in [1.807, 2.05) is 30.3 Å². The van der Waals surface area contributed by atoms with Crippen LogP contribution in [0.1, 0.15) is 177 Å². The van der Waals surface area contributed by atoms with E-state index >= 15 is 0 Å². The number of carbonyl (C=O) groups excluding carboxylic acids is 9. The molecule has 1 unspecified atom stereocenters. The molecule has 9 rings (SSSR count). The number of nitrogens with one attached hydrogen (secondary N) is 5. The lowest BCUT2D eigenvalue weighted by atomic mass is 9.76. The van der Waals surface area contributed by atoms with Gasteiger partial charge in [0.15, 0.2) is 5.78 Å². The Bertz CT molecular complexity index is 3130. The number of Topliss-reactive ketones (excluding diaryl/α,β-unsaturated/α-hetero) is 1. The summed E-state index contributed by atoms with van der Waals surface area (Å²) in [5.41, 5.74) is 9.57. The molecule has 5 heterocycles. The number of alkyl halides is 2. The standard InChI is InChI=1S/C61H70F2N8O9/c1-61(62,63)40-24-25-45-39(31-40)33-47(66-45)56(76)68-48-32-38-18-10-11-20-41(38)49-22-14-23-51(71(49)60(48)80)58(78)67-46(26-28-53(64)73)52(72)34-43(36-15-8-6-9-16-36)55(75)65-30-12-5-3-2-4-7-17-37-19-13-21-42-44(37)35-70(59(42)79)50-27-29-54(74)69-57(50)77/h10-11,13,18-21,24-25,31,33,36,43,46,48-51,66H,2-6,8-9,12,14-16,22-23,26-30,32,34-35H2,1H3,(H2,64,73)(H,65,75)(H,67,78)(H,68,76)(H,69,74,77)/t43-,46-,48-,49+,50?,51-/m0/s1. The molecule has 0 bridgehead atoms. The Morgan fingerprint density at radius 1 is 0.863 bits per heavy atom. The Labute approximate surface area is 463 Å². The largest absolute Gasteiger partial charge is 0.370 e. The van der Waals surface area contributed by atoms with Crippen LogP contribution >= 0.6 is 0 Å². The number of ketones is 1. The third-order valence-electron chi connectivity index (χ3n) is 16.7. The molecule has 1 aromatic heterocycles. The third-order valence-corrected chi connectivity index (χ3v) is 16.7. The number of hydrogen-bond donors (Lipinski definition) is 6. The van der Waals surface area contributed by atoms with Gasteiger partial charge in [-0.3, -0.25) is 48.5 Å². The maximum absolute atomic E-state index is 14.9. The third kappa shape index (κ3) is 13.1. The van der Waals surface area contributed by atoms with Gasteiger partial charge in [-0.25, -0.2) is 8.78 Å². The van der Waals surface area contributed by atoms with Gasteiger partial charge in [-0.05, 0) is 111 Å². The molecule has 422 valence electrons. The summed E-state index contributed by atoms with van der Waals surface area (Å²) >= 11 is 0. The van der Waals surface area contributed by atoms with Crippen LogP contribution in [0.4, 0.5) is 8.78 Å². The smallest absolute Gasteiger partial charge is 0.270 e. The van der Waals surface area contributed by atoms with Gasteiger partial charge in [-0.15, -0.1) is 0 Å². The summed E-state index contributed by atoms with van der Waals surface area (Å²) in [7, 11) is 0. The number of piperidine rings is 2. The Hall–Kier alpha value is -7.75. The Kier molecular flexibility index (Phi) is 17.9. The minimum Gasteiger partial charge on any atom is -0.370 e. The molecule has 8 amide bonds. The SMILES string of the molecule is CC(F)(F)c1ccc2[nH]c(C(=O)N[C@H]3Cc4ccccc4[C@H]4CCC[C@@H](C(=O)N[C@@H](CCC(N)=O)C(=O)C[C@H](C(=O)NCCCCCCC#Cc5cccc6c5CN(C5CCC(=O)NC5=O)C6=O)C5CCCCC5)N4C3=O)cc2c1. The molecule has 0 spiro atoms. The topological polar surface area (TPSA) is 250 Å². The van der Waals surface area contributed by atoms with Crippen LogP contribution in [0.5, 0.6) is 0 Å². The predicted octanol–water partition coefficient (Wildman–Crippen LogP) is 6.84. The lowest BCUT2D eigenvalue weighted by molar-refractivity contribution is -0.147. The molecule has 4 aliphatic heterocycles. The number of unbranched alkanes of at least 4 members (excludes halogenated alkanes) is 4. The second-order valence-electron chi connectivity index (χ2n) is 22.2. The maximum atomic E-state index is 14.9. The number of aromatic amines is 1. The van der Waals surface area contributed by atoms with E-state index in [4.69, 9.17) is 5.73 Å². The molecule has 2 saturated heterocycles. The molecule has 4 aromatic rings. The fraction of sp³-hybridized carbons (Fsp3) is 0.492. The molecule has 80 heavy (non-hydrogen) atoms. The van der Waals surface area contributed by atoms with Crippen molar-refractivity contribution in [1.29, 1.82) is 0 Å². The highest BCUT2D eigenvalue weighted by Crippen LogP contribution is 2.40. The number of primary amides is 1. The number of imide groups is 1. The molecule has 17 nitrogen and oxygen atoms in total. The van der Waals surface area contributed by atoms with E-state index in [-0.39, 0.29) is 86.4 Å². The average molecular weight is 1100 g/mol. The predicted molar refractivity (Wildman–Crippen MR) is 292 cm³/mol. The van der Waals surface area contributed by atoms with Crippen molar-refractivity contribution in [3.05, 3.63) is 106 Å². The van der Waals surface area contributed by atoms with Gasteiger partial charge < -0.3 is 36.5 Å². The molecule has 19 heteroatoms. The van der Waals surface area contributed by atoms with E-state index in [0.717, 1.165) is 80.5 Å². The zero-order chi connectivity index (χ0) is 56.7. The number of aromatic nitrogens is 1. The number of amides is 8. The molecule has 7 N–H and O–H groups in total. The summed E-state index contributed by atoms with van der Waals surface area (Å²) in [6.07, 6.45) is 9.66. The monoisotopic (exact) mass is 1100 g/mol. The molecule has 1 saturated carbocycles. The second kappa shape index (κ2) is 25.1. The first kappa shape index (κ1) is 57.0. The molecule has 3 fully saturated rings. The van der Waals surface area contributed by atoms with Crippen molar-refractivity contribution in [2.24, 2.45) is 17.6 Å². The quantitative estimate of drug-likeness (QED) is 0.0308.